The van der Waals surface area contributed by atoms with Gasteiger partial charge in [-0.2, -0.15) is 13.2 Å². The second kappa shape index (κ2) is 7.13. The maximum atomic E-state index is 12.6. The summed E-state index contributed by atoms with van der Waals surface area (Å²) in [6.07, 6.45) is -4.61. The van der Waals surface area contributed by atoms with Crippen LogP contribution in [-0.4, -0.2) is 17.6 Å². The third kappa shape index (κ3) is 6.47. The van der Waals surface area contributed by atoms with E-state index in [2.05, 4.69) is 5.32 Å². The third-order valence-corrected chi connectivity index (χ3v) is 3.19. The van der Waals surface area contributed by atoms with E-state index in [4.69, 9.17) is 0 Å². The van der Waals surface area contributed by atoms with Crippen LogP contribution in [0, 0.1) is 5.41 Å². The fourth-order valence-corrected chi connectivity index (χ4v) is 1.83. The Morgan fingerprint density at radius 1 is 1.27 bits per heavy atom. The number of carbonyl (C=O) groups is 1. The summed E-state index contributed by atoms with van der Waals surface area (Å²) in [7, 11) is 0. The molecule has 0 aliphatic carbocycles. The SMILES string of the molecule is CC(C)(C)CCC(=O)NCC(O)c1cccc(C(F)(F)F)c1. The molecule has 0 radical (unpaired) electrons. The van der Waals surface area contributed by atoms with Crippen LogP contribution in [0.15, 0.2) is 24.3 Å². The van der Waals surface area contributed by atoms with E-state index in [0.717, 1.165) is 12.1 Å². The van der Waals surface area contributed by atoms with Crippen molar-refractivity contribution in [1.82, 2.24) is 5.32 Å². The average Bonchev–Trinajstić information content (AvgIpc) is 2.41. The van der Waals surface area contributed by atoms with Crippen molar-refractivity contribution >= 4 is 5.91 Å². The maximum Gasteiger partial charge on any atom is 0.416 e. The Balaban J connectivity index is 2.56. The van der Waals surface area contributed by atoms with Gasteiger partial charge in [0.2, 0.25) is 5.91 Å². The molecule has 1 aromatic carbocycles. The predicted molar refractivity (Wildman–Crippen MR) is 78.1 cm³/mol. The fourth-order valence-electron chi connectivity index (χ4n) is 1.83. The quantitative estimate of drug-likeness (QED) is 0.870. The summed E-state index contributed by atoms with van der Waals surface area (Å²) >= 11 is 0. The summed E-state index contributed by atoms with van der Waals surface area (Å²) in [5, 5.41) is 12.4. The van der Waals surface area contributed by atoms with Crippen LogP contribution in [0.1, 0.15) is 50.8 Å². The zero-order valence-electron chi connectivity index (χ0n) is 13.0. The van der Waals surface area contributed by atoms with Crippen LogP contribution < -0.4 is 5.32 Å². The van der Waals surface area contributed by atoms with Gasteiger partial charge in [0.25, 0.3) is 0 Å². The van der Waals surface area contributed by atoms with E-state index < -0.39 is 17.8 Å². The minimum absolute atomic E-state index is 0.0248. The predicted octanol–water partition coefficient (Wildman–Crippen LogP) is 3.68. The Morgan fingerprint density at radius 2 is 1.91 bits per heavy atom. The average molecular weight is 317 g/mol. The summed E-state index contributed by atoms with van der Waals surface area (Å²) in [6, 6.07) is 4.48. The minimum Gasteiger partial charge on any atom is -0.387 e. The molecule has 2 N–H and O–H groups in total. The van der Waals surface area contributed by atoms with E-state index in [-0.39, 0.29) is 23.4 Å². The Bertz CT molecular complexity index is 507. The van der Waals surface area contributed by atoms with Gasteiger partial charge in [-0.15, -0.1) is 0 Å². The monoisotopic (exact) mass is 317 g/mol. The van der Waals surface area contributed by atoms with E-state index in [1.54, 1.807) is 0 Å². The van der Waals surface area contributed by atoms with Gasteiger partial charge in [0.05, 0.1) is 11.7 Å². The fraction of sp³-hybridized carbons (Fsp3) is 0.562. The number of aliphatic hydroxyl groups excluding tert-OH is 1. The van der Waals surface area contributed by atoms with Crippen LogP contribution >= 0.6 is 0 Å². The van der Waals surface area contributed by atoms with Crippen LogP contribution in [0.5, 0.6) is 0 Å². The molecule has 22 heavy (non-hydrogen) atoms. The van der Waals surface area contributed by atoms with Gasteiger partial charge in [-0.3, -0.25) is 4.79 Å². The summed E-state index contributed by atoms with van der Waals surface area (Å²) in [6.45, 7) is 5.93. The number of aliphatic hydroxyl groups is 1. The first-order chi connectivity index (χ1) is 9.99. The van der Waals surface area contributed by atoms with Crippen LogP contribution in [0.2, 0.25) is 0 Å². The van der Waals surface area contributed by atoms with Crippen molar-refractivity contribution < 1.29 is 23.1 Å². The smallest absolute Gasteiger partial charge is 0.387 e. The van der Waals surface area contributed by atoms with Gasteiger partial charge >= 0.3 is 6.18 Å². The summed E-state index contributed by atoms with van der Waals surface area (Å²) in [4.78, 5) is 11.6. The van der Waals surface area contributed by atoms with Gasteiger partial charge in [-0.05, 0) is 29.5 Å². The van der Waals surface area contributed by atoms with Crippen LogP contribution in [0.3, 0.4) is 0 Å². The minimum atomic E-state index is -4.45. The summed E-state index contributed by atoms with van der Waals surface area (Å²) < 4.78 is 37.8. The van der Waals surface area contributed by atoms with Gasteiger partial charge in [0.1, 0.15) is 0 Å². The molecule has 0 saturated heterocycles. The van der Waals surface area contributed by atoms with E-state index in [9.17, 15) is 23.1 Å². The lowest BCUT2D eigenvalue weighted by atomic mass is 9.90. The Kier molecular flexibility index (Phi) is 6.00. The van der Waals surface area contributed by atoms with Crippen molar-refractivity contribution in [3.05, 3.63) is 35.4 Å². The first-order valence-corrected chi connectivity index (χ1v) is 7.11. The number of hydrogen-bond donors (Lipinski definition) is 2. The number of halogens is 3. The molecule has 0 aromatic heterocycles. The van der Waals surface area contributed by atoms with Gasteiger partial charge in [0.15, 0.2) is 0 Å². The number of benzene rings is 1. The van der Waals surface area contributed by atoms with Gasteiger partial charge in [0, 0.05) is 13.0 Å². The number of amides is 1. The van der Waals surface area contributed by atoms with Crippen molar-refractivity contribution in [1.29, 1.82) is 0 Å². The molecule has 0 saturated carbocycles. The largest absolute Gasteiger partial charge is 0.416 e. The summed E-state index contributed by atoms with van der Waals surface area (Å²) in [5.74, 6) is -0.221. The lowest BCUT2D eigenvalue weighted by molar-refractivity contribution is -0.137. The topological polar surface area (TPSA) is 49.3 Å². The second-order valence-corrected chi connectivity index (χ2v) is 6.50. The van der Waals surface area contributed by atoms with Crippen LogP contribution in [0.4, 0.5) is 13.2 Å². The Hall–Kier alpha value is -1.56. The van der Waals surface area contributed by atoms with E-state index in [1.165, 1.54) is 12.1 Å². The van der Waals surface area contributed by atoms with Crippen molar-refractivity contribution in [3.63, 3.8) is 0 Å². The van der Waals surface area contributed by atoms with E-state index in [0.29, 0.717) is 12.8 Å². The molecule has 1 amide bonds. The maximum absolute atomic E-state index is 12.6. The van der Waals surface area contributed by atoms with Gasteiger partial charge in [-0.25, -0.2) is 0 Å². The number of carbonyl (C=O) groups excluding carboxylic acids is 1. The molecular weight excluding hydrogens is 295 g/mol. The lowest BCUT2D eigenvalue weighted by Gasteiger charge is -2.18. The van der Waals surface area contributed by atoms with Gasteiger partial charge < -0.3 is 10.4 Å². The molecule has 3 nitrogen and oxygen atoms in total. The Labute approximate surface area is 128 Å². The first-order valence-electron chi connectivity index (χ1n) is 7.11. The first kappa shape index (κ1) is 18.5. The van der Waals surface area contributed by atoms with Crippen molar-refractivity contribution in [2.45, 2.75) is 45.9 Å². The standard InChI is InChI=1S/C16H22F3NO2/c1-15(2,3)8-7-14(22)20-10-13(21)11-5-4-6-12(9-11)16(17,18)19/h4-6,9,13,21H,7-8,10H2,1-3H3,(H,20,22). The van der Waals surface area contributed by atoms with E-state index in [1.807, 2.05) is 20.8 Å². The molecule has 1 unspecified atom stereocenters. The molecule has 0 fully saturated rings. The molecule has 6 heteroatoms. The molecule has 124 valence electrons. The van der Waals surface area contributed by atoms with Gasteiger partial charge in [-0.1, -0.05) is 32.9 Å². The highest BCUT2D eigenvalue weighted by molar-refractivity contribution is 5.75. The van der Waals surface area contributed by atoms with Crippen LogP contribution in [-0.2, 0) is 11.0 Å². The highest BCUT2D eigenvalue weighted by atomic mass is 19.4. The molecule has 1 aromatic rings. The second-order valence-electron chi connectivity index (χ2n) is 6.50. The molecule has 0 aliphatic heterocycles. The van der Waals surface area contributed by atoms with Crippen LogP contribution in [0.25, 0.3) is 0 Å². The molecule has 1 rings (SSSR count). The lowest BCUT2D eigenvalue weighted by Crippen LogP contribution is -2.29. The number of alkyl halides is 3. The highest BCUT2D eigenvalue weighted by Gasteiger charge is 2.30. The molecule has 0 bridgehead atoms. The zero-order valence-corrected chi connectivity index (χ0v) is 13.0. The van der Waals surface area contributed by atoms with E-state index >= 15 is 0 Å². The summed E-state index contributed by atoms with van der Waals surface area (Å²) in [5.41, 5.74) is -0.661. The molecule has 1 atom stereocenters. The van der Waals surface area contributed by atoms with Crippen molar-refractivity contribution in [2.75, 3.05) is 6.54 Å². The zero-order chi connectivity index (χ0) is 17.0. The van der Waals surface area contributed by atoms with Crippen molar-refractivity contribution in [3.8, 4) is 0 Å². The number of rotatable bonds is 5. The molecule has 0 spiro atoms. The third-order valence-electron chi connectivity index (χ3n) is 3.19. The number of hydrogen-bond acceptors (Lipinski definition) is 2. The molecule has 0 heterocycles. The Morgan fingerprint density at radius 3 is 2.45 bits per heavy atom. The number of nitrogens with one attached hydrogen (secondary N) is 1. The highest BCUT2D eigenvalue weighted by Crippen LogP contribution is 2.30. The normalized spacial score (nSPS) is 13.8. The molecular formula is C16H22F3NO2. The molecule has 0 aliphatic rings. The van der Waals surface area contributed by atoms with Crippen molar-refractivity contribution in [2.24, 2.45) is 5.41 Å².